The van der Waals surface area contributed by atoms with Gasteiger partial charge in [0.15, 0.2) is 21.3 Å². The molecule has 210 valence electrons. The number of rotatable bonds is 5. The van der Waals surface area contributed by atoms with E-state index in [0.717, 1.165) is 54.7 Å². The van der Waals surface area contributed by atoms with Gasteiger partial charge in [-0.3, -0.25) is 5.10 Å². The van der Waals surface area contributed by atoms with E-state index in [0.29, 0.717) is 22.7 Å². The van der Waals surface area contributed by atoms with Crippen molar-refractivity contribution < 1.29 is 13.2 Å². The van der Waals surface area contributed by atoms with Crippen LogP contribution in [0.15, 0.2) is 35.2 Å². The Labute approximate surface area is 235 Å². The van der Waals surface area contributed by atoms with E-state index in [4.69, 9.17) is 14.7 Å². The number of hydrogen-bond donors (Lipinski definition) is 2. The number of nitrogens with zero attached hydrogens (tertiary/aromatic N) is 3. The minimum absolute atomic E-state index is 0.0485. The molecule has 0 saturated carbocycles. The molecule has 9 heteroatoms. The Morgan fingerprint density at radius 3 is 2.52 bits per heavy atom. The molecular weight excluding hydrogens is 522 g/mol. The maximum absolute atomic E-state index is 13.4. The van der Waals surface area contributed by atoms with Gasteiger partial charge < -0.3 is 10.1 Å². The van der Waals surface area contributed by atoms with E-state index >= 15 is 0 Å². The van der Waals surface area contributed by atoms with Crippen LogP contribution in [0.3, 0.4) is 0 Å². The summed E-state index contributed by atoms with van der Waals surface area (Å²) in [7, 11) is -3.57. The lowest BCUT2D eigenvalue weighted by molar-refractivity contribution is 0.255. The lowest BCUT2D eigenvalue weighted by Crippen LogP contribution is -2.38. The molecule has 2 aliphatic heterocycles. The molecule has 4 aromatic rings. The van der Waals surface area contributed by atoms with Gasteiger partial charge in [-0.2, -0.15) is 5.10 Å². The van der Waals surface area contributed by atoms with Gasteiger partial charge in [0.25, 0.3) is 0 Å². The van der Waals surface area contributed by atoms with Crippen molar-refractivity contribution in [3.05, 3.63) is 52.7 Å². The quantitative estimate of drug-likeness (QED) is 0.335. The fraction of sp³-hybridized carbons (Fsp3) is 0.452. The first-order valence-electron chi connectivity index (χ1n) is 14.1. The molecule has 1 fully saturated rings. The number of hydrogen-bond acceptors (Lipinski definition) is 7. The zero-order valence-corrected chi connectivity index (χ0v) is 24.9. The average Bonchev–Trinajstić information content (AvgIpc) is 3.49. The fourth-order valence-corrected chi connectivity index (χ4v) is 7.76. The summed E-state index contributed by atoms with van der Waals surface area (Å²) in [5.74, 6) is 1.33. The van der Waals surface area contributed by atoms with E-state index < -0.39 is 15.1 Å². The zero-order chi connectivity index (χ0) is 28.4. The summed E-state index contributed by atoms with van der Waals surface area (Å²) < 4.78 is 33.3. The van der Waals surface area contributed by atoms with Gasteiger partial charge in [0.05, 0.1) is 26.8 Å². The highest BCUT2D eigenvalue weighted by Crippen LogP contribution is 2.48. The Bertz CT molecular complexity index is 1740. The molecule has 1 unspecified atom stereocenters. The normalized spacial score (nSPS) is 18.7. The van der Waals surface area contributed by atoms with Crippen LogP contribution >= 0.6 is 0 Å². The largest absolute Gasteiger partial charge is 0.489 e. The van der Waals surface area contributed by atoms with Crippen LogP contribution in [0.2, 0.25) is 0 Å². The number of ether oxygens (including phenoxy) is 1. The summed E-state index contributed by atoms with van der Waals surface area (Å²) in [6.07, 6.45) is 3.05. The summed E-state index contributed by atoms with van der Waals surface area (Å²) >= 11 is 0. The Morgan fingerprint density at radius 1 is 1.07 bits per heavy atom. The van der Waals surface area contributed by atoms with Crippen molar-refractivity contribution in [2.45, 2.75) is 82.5 Å². The first-order valence-corrected chi connectivity index (χ1v) is 15.7. The highest BCUT2D eigenvalue weighted by Gasteiger charge is 2.38. The summed E-state index contributed by atoms with van der Waals surface area (Å²) in [4.78, 5) is 10.2. The number of aromatic nitrogens is 4. The van der Waals surface area contributed by atoms with Gasteiger partial charge in [-0.15, -0.1) is 0 Å². The van der Waals surface area contributed by atoms with Crippen LogP contribution in [0.25, 0.3) is 33.7 Å². The maximum Gasteiger partial charge on any atom is 0.185 e. The highest BCUT2D eigenvalue weighted by molar-refractivity contribution is 7.92. The van der Waals surface area contributed by atoms with Crippen molar-refractivity contribution in [2.24, 2.45) is 0 Å². The molecule has 8 nitrogen and oxygen atoms in total. The van der Waals surface area contributed by atoms with Crippen LogP contribution in [0.1, 0.15) is 62.9 Å². The van der Waals surface area contributed by atoms with Crippen molar-refractivity contribution in [3.8, 4) is 28.4 Å². The van der Waals surface area contributed by atoms with E-state index in [1.165, 1.54) is 16.7 Å². The third kappa shape index (κ3) is 4.21. The summed E-state index contributed by atoms with van der Waals surface area (Å²) in [6.45, 7) is 14.0. The summed E-state index contributed by atoms with van der Waals surface area (Å²) in [6, 6.07) is 9.24. The molecule has 0 radical (unpaired) electrons. The van der Waals surface area contributed by atoms with E-state index in [-0.39, 0.29) is 16.4 Å². The predicted octanol–water partition coefficient (Wildman–Crippen LogP) is 5.45. The molecule has 1 saturated heterocycles. The third-order valence-electron chi connectivity index (χ3n) is 8.60. The number of fused-ring (bicyclic) bond motifs is 2. The maximum atomic E-state index is 13.4. The highest BCUT2D eigenvalue weighted by atomic mass is 32.2. The minimum Gasteiger partial charge on any atom is -0.489 e. The third-order valence-corrected chi connectivity index (χ3v) is 10.8. The van der Waals surface area contributed by atoms with Crippen molar-refractivity contribution in [2.75, 3.05) is 13.1 Å². The standard InChI is InChI=1S/C31H37N5O3S/c1-17(2)40(37,38)24-10-8-7-9-21(24)27-25-20(5)35-36-30(25)34-29(33-27)23-15-18(3)26(22-16-19(4)39-28(22)23)31(6)11-13-32-14-12-31/h7-10,15,17,19,32H,11-14,16H2,1-6H3,(H,33,34,35,36). The molecule has 40 heavy (non-hydrogen) atoms. The minimum atomic E-state index is -3.57. The van der Waals surface area contributed by atoms with Crippen molar-refractivity contribution in [1.29, 1.82) is 0 Å². The van der Waals surface area contributed by atoms with Crippen LogP contribution in [0.4, 0.5) is 0 Å². The summed E-state index contributed by atoms with van der Waals surface area (Å²) in [5, 5.41) is 11.2. The van der Waals surface area contributed by atoms with Gasteiger partial charge >= 0.3 is 0 Å². The Balaban J connectivity index is 1.61. The molecule has 2 aromatic heterocycles. The molecule has 6 rings (SSSR count). The number of sulfone groups is 1. The number of aryl methyl sites for hydroxylation is 2. The molecule has 0 amide bonds. The molecule has 2 aromatic carbocycles. The molecule has 1 atom stereocenters. The topological polar surface area (TPSA) is 110 Å². The lowest BCUT2D eigenvalue weighted by atomic mass is 9.70. The van der Waals surface area contributed by atoms with E-state index in [9.17, 15) is 8.42 Å². The van der Waals surface area contributed by atoms with Gasteiger partial charge in [0, 0.05) is 23.2 Å². The second kappa shape index (κ2) is 9.66. The lowest BCUT2D eigenvalue weighted by Gasteiger charge is -2.37. The number of benzene rings is 2. The Hall–Kier alpha value is -3.30. The fourth-order valence-electron chi connectivity index (χ4n) is 6.51. The van der Waals surface area contributed by atoms with Gasteiger partial charge in [-0.25, -0.2) is 18.4 Å². The molecule has 2 N–H and O–H groups in total. The van der Waals surface area contributed by atoms with Crippen LogP contribution in [-0.2, 0) is 21.7 Å². The van der Waals surface area contributed by atoms with E-state index in [2.05, 4.69) is 42.4 Å². The zero-order valence-electron chi connectivity index (χ0n) is 24.1. The number of piperidine rings is 1. The van der Waals surface area contributed by atoms with Crippen molar-refractivity contribution in [1.82, 2.24) is 25.5 Å². The Morgan fingerprint density at radius 2 is 1.80 bits per heavy atom. The monoisotopic (exact) mass is 559 g/mol. The SMILES string of the molecule is Cc1cc(-c2nc(-c3ccccc3S(=O)(=O)C(C)C)c3c(C)[nH]nc3n2)c2c(c1C1(C)CCNCC1)CC(C)O2. The van der Waals surface area contributed by atoms with Crippen LogP contribution in [-0.4, -0.2) is 53.0 Å². The van der Waals surface area contributed by atoms with Crippen molar-refractivity contribution in [3.63, 3.8) is 0 Å². The molecular formula is C31H37N5O3S. The predicted molar refractivity (Wildman–Crippen MR) is 158 cm³/mol. The van der Waals surface area contributed by atoms with Crippen LogP contribution in [0, 0.1) is 13.8 Å². The molecule has 0 spiro atoms. The first-order chi connectivity index (χ1) is 19.0. The number of aromatic amines is 1. The second-order valence-electron chi connectivity index (χ2n) is 11.9. The van der Waals surface area contributed by atoms with Crippen LogP contribution in [0.5, 0.6) is 5.75 Å². The molecule has 0 aliphatic carbocycles. The Kier molecular flexibility index (Phi) is 6.50. The molecule has 4 heterocycles. The first kappa shape index (κ1) is 26.9. The molecule has 0 bridgehead atoms. The number of nitrogens with one attached hydrogen (secondary N) is 2. The van der Waals surface area contributed by atoms with E-state index in [1.807, 2.05) is 19.1 Å². The van der Waals surface area contributed by atoms with Crippen molar-refractivity contribution >= 4 is 20.9 Å². The van der Waals surface area contributed by atoms with Gasteiger partial charge in [-0.1, -0.05) is 25.1 Å². The van der Waals surface area contributed by atoms with Gasteiger partial charge in [-0.05, 0) is 89.2 Å². The number of H-pyrrole nitrogens is 1. The van der Waals surface area contributed by atoms with Crippen LogP contribution < -0.4 is 10.1 Å². The second-order valence-corrected chi connectivity index (χ2v) is 14.4. The van der Waals surface area contributed by atoms with Gasteiger partial charge in [0.2, 0.25) is 0 Å². The smallest absolute Gasteiger partial charge is 0.185 e. The average molecular weight is 560 g/mol. The molecule has 2 aliphatic rings. The van der Waals surface area contributed by atoms with Gasteiger partial charge in [0.1, 0.15) is 11.9 Å². The van der Waals surface area contributed by atoms with E-state index in [1.54, 1.807) is 26.0 Å². The summed E-state index contributed by atoms with van der Waals surface area (Å²) in [5.41, 5.74) is 7.14.